The molecule has 1 aromatic heterocycles. The van der Waals surface area contributed by atoms with Gasteiger partial charge in [-0.1, -0.05) is 5.16 Å². The zero-order chi connectivity index (χ0) is 19.2. The van der Waals surface area contributed by atoms with Gasteiger partial charge in [0.15, 0.2) is 0 Å². The molecular weight excluding hydrogens is 352 g/mol. The molecule has 0 saturated carbocycles. The minimum Gasteiger partial charge on any atom is -0.497 e. The third kappa shape index (κ3) is 4.66. The van der Waals surface area contributed by atoms with Crippen LogP contribution in [0.3, 0.4) is 0 Å². The predicted molar refractivity (Wildman–Crippen MR) is 96.3 cm³/mol. The maximum atomic E-state index is 12.0. The lowest BCUT2D eigenvalue weighted by Gasteiger charge is -2.03. The van der Waals surface area contributed by atoms with Crippen molar-refractivity contribution in [2.45, 2.75) is 12.8 Å². The Bertz CT molecular complexity index is 935. The molecule has 1 heterocycles. The summed E-state index contributed by atoms with van der Waals surface area (Å²) in [5.41, 5.74) is 1.22. The number of aryl methyl sites for hydroxylation is 1. The first-order valence-corrected chi connectivity index (χ1v) is 8.06. The Hall–Kier alpha value is -3.75. The van der Waals surface area contributed by atoms with Gasteiger partial charge in [-0.3, -0.25) is 14.9 Å². The average molecular weight is 368 g/mol. The lowest BCUT2D eigenvalue weighted by Crippen LogP contribution is -2.12. The highest BCUT2D eigenvalue weighted by atomic mass is 16.6. The van der Waals surface area contributed by atoms with Crippen LogP contribution in [0.1, 0.15) is 12.3 Å². The molecule has 3 aromatic rings. The average Bonchev–Trinajstić information content (AvgIpc) is 3.16. The zero-order valence-corrected chi connectivity index (χ0v) is 14.4. The third-order valence-electron chi connectivity index (χ3n) is 3.74. The molecule has 1 N–H and O–H groups in total. The summed E-state index contributed by atoms with van der Waals surface area (Å²) in [5, 5.41) is 17.2. The van der Waals surface area contributed by atoms with E-state index in [0.717, 1.165) is 11.3 Å². The molecule has 0 aliphatic heterocycles. The fourth-order valence-electron chi connectivity index (χ4n) is 2.32. The van der Waals surface area contributed by atoms with Gasteiger partial charge >= 0.3 is 0 Å². The van der Waals surface area contributed by atoms with E-state index in [0.29, 0.717) is 17.4 Å². The van der Waals surface area contributed by atoms with Crippen molar-refractivity contribution in [2.24, 2.45) is 0 Å². The minimum atomic E-state index is -0.498. The van der Waals surface area contributed by atoms with Gasteiger partial charge < -0.3 is 14.6 Å². The quantitative estimate of drug-likeness (QED) is 0.502. The van der Waals surface area contributed by atoms with E-state index in [4.69, 9.17) is 9.26 Å². The largest absolute Gasteiger partial charge is 0.497 e. The monoisotopic (exact) mass is 368 g/mol. The number of hydrogen-bond acceptors (Lipinski definition) is 7. The lowest BCUT2D eigenvalue weighted by atomic mass is 10.2. The van der Waals surface area contributed by atoms with Crippen LogP contribution in [0.5, 0.6) is 5.75 Å². The van der Waals surface area contributed by atoms with Gasteiger partial charge in [-0.05, 0) is 36.4 Å². The maximum absolute atomic E-state index is 12.0. The predicted octanol–water partition coefficient (Wildman–Crippen LogP) is 3.22. The van der Waals surface area contributed by atoms with Crippen molar-refractivity contribution in [3.63, 3.8) is 0 Å². The van der Waals surface area contributed by atoms with Crippen LogP contribution >= 0.6 is 0 Å². The smallest absolute Gasteiger partial charge is 0.269 e. The van der Waals surface area contributed by atoms with E-state index in [1.807, 2.05) is 12.1 Å². The van der Waals surface area contributed by atoms with Crippen LogP contribution in [0.25, 0.3) is 11.4 Å². The molecule has 0 saturated heterocycles. The number of anilines is 1. The molecule has 27 heavy (non-hydrogen) atoms. The highest BCUT2D eigenvalue weighted by molar-refractivity contribution is 5.90. The standard InChI is InChI=1S/C18H16N4O5/c1-26-15-8-2-12(3-9-15)18-20-17(27-21-18)11-10-16(23)19-13-4-6-14(7-5-13)22(24)25/h2-9H,10-11H2,1H3,(H,19,23). The molecule has 0 spiro atoms. The lowest BCUT2D eigenvalue weighted by molar-refractivity contribution is -0.384. The molecule has 9 heteroatoms. The van der Waals surface area contributed by atoms with Gasteiger partial charge in [0.05, 0.1) is 12.0 Å². The van der Waals surface area contributed by atoms with Crippen molar-refractivity contribution in [1.82, 2.24) is 10.1 Å². The molecule has 0 unspecified atom stereocenters. The number of hydrogen-bond donors (Lipinski definition) is 1. The summed E-state index contributed by atoms with van der Waals surface area (Å²) >= 11 is 0. The molecule has 0 aliphatic carbocycles. The van der Waals surface area contributed by atoms with Gasteiger partial charge in [-0.25, -0.2) is 0 Å². The van der Waals surface area contributed by atoms with Crippen LogP contribution in [0.15, 0.2) is 53.1 Å². The van der Waals surface area contributed by atoms with Gasteiger partial charge in [-0.2, -0.15) is 4.98 Å². The first-order valence-electron chi connectivity index (χ1n) is 8.06. The Labute approximate surface area is 154 Å². The van der Waals surface area contributed by atoms with Crippen LogP contribution in [0.2, 0.25) is 0 Å². The van der Waals surface area contributed by atoms with Crippen molar-refractivity contribution in [3.05, 3.63) is 64.5 Å². The van der Waals surface area contributed by atoms with E-state index in [-0.39, 0.29) is 24.4 Å². The first-order chi connectivity index (χ1) is 13.0. The summed E-state index contributed by atoms with van der Waals surface area (Å²) in [4.78, 5) is 26.4. The molecule has 2 aromatic carbocycles. The van der Waals surface area contributed by atoms with E-state index in [1.54, 1.807) is 19.2 Å². The molecular formula is C18H16N4O5. The maximum Gasteiger partial charge on any atom is 0.269 e. The Morgan fingerprint density at radius 3 is 2.52 bits per heavy atom. The molecule has 138 valence electrons. The summed E-state index contributed by atoms with van der Waals surface area (Å²) in [6.07, 6.45) is 0.420. The Morgan fingerprint density at radius 2 is 1.89 bits per heavy atom. The molecule has 0 aliphatic rings. The summed E-state index contributed by atoms with van der Waals surface area (Å²) in [7, 11) is 1.59. The molecule has 1 amide bonds. The SMILES string of the molecule is COc1ccc(-c2noc(CCC(=O)Nc3ccc([N+](=O)[O-])cc3)n2)cc1. The Kier molecular flexibility index (Phi) is 5.41. The zero-order valence-electron chi connectivity index (χ0n) is 14.4. The van der Waals surface area contributed by atoms with Gasteiger partial charge in [0.25, 0.3) is 5.69 Å². The Balaban J connectivity index is 1.54. The summed E-state index contributed by atoms with van der Waals surface area (Å²) in [5.74, 6) is 1.25. The molecule has 9 nitrogen and oxygen atoms in total. The topological polar surface area (TPSA) is 120 Å². The van der Waals surface area contributed by atoms with Crippen LogP contribution in [0.4, 0.5) is 11.4 Å². The second-order valence-corrected chi connectivity index (χ2v) is 5.59. The van der Waals surface area contributed by atoms with Gasteiger partial charge in [0.2, 0.25) is 17.6 Å². The van der Waals surface area contributed by atoms with Crippen molar-refractivity contribution in [3.8, 4) is 17.1 Å². The number of non-ortho nitro benzene ring substituents is 1. The molecule has 0 bridgehead atoms. The number of nitro groups is 1. The third-order valence-corrected chi connectivity index (χ3v) is 3.74. The molecule has 0 radical (unpaired) electrons. The van der Waals surface area contributed by atoms with Crippen molar-refractivity contribution in [1.29, 1.82) is 0 Å². The number of nitrogens with zero attached hydrogens (tertiary/aromatic N) is 3. The van der Waals surface area contributed by atoms with E-state index in [2.05, 4.69) is 15.5 Å². The van der Waals surface area contributed by atoms with Crippen molar-refractivity contribution >= 4 is 17.3 Å². The number of nitrogens with one attached hydrogen (secondary N) is 1. The highest BCUT2D eigenvalue weighted by Crippen LogP contribution is 2.20. The molecule has 3 rings (SSSR count). The van der Waals surface area contributed by atoms with Gasteiger partial charge in [0, 0.05) is 36.2 Å². The number of ether oxygens (including phenoxy) is 1. The first kappa shape index (κ1) is 18.1. The molecule has 0 fully saturated rings. The summed E-state index contributed by atoms with van der Waals surface area (Å²) < 4.78 is 10.3. The fourth-order valence-corrected chi connectivity index (χ4v) is 2.32. The van der Waals surface area contributed by atoms with Gasteiger partial charge in [-0.15, -0.1) is 0 Å². The minimum absolute atomic E-state index is 0.0371. The number of benzene rings is 2. The number of rotatable bonds is 7. The normalized spacial score (nSPS) is 10.4. The number of nitro benzene ring substituents is 1. The van der Waals surface area contributed by atoms with Crippen LogP contribution < -0.4 is 10.1 Å². The second-order valence-electron chi connectivity index (χ2n) is 5.59. The van der Waals surface area contributed by atoms with E-state index >= 15 is 0 Å². The number of amides is 1. The number of aromatic nitrogens is 2. The molecule has 0 atom stereocenters. The number of carbonyl (C=O) groups is 1. The van der Waals surface area contributed by atoms with Crippen molar-refractivity contribution in [2.75, 3.05) is 12.4 Å². The Morgan fingerprint density at radius 1 is 1.19 bits per heavy atom. The summed E-state index contributed by atoms with van der Waals surface area (Å²) in [6.45, 7) is 0. The highest BCUT2D eigenvalue weighted by Gasteiger charge is 2.12. The van der Waals surface area contributed by atoms with E-state index in [1.165, 1.54) is 24.3 Å². The second kappa shape index (κ2) is 8.09. The number of methoxy groups -OCH3 is 1. The number of carbonyl (C=O) groups excluding carboxylic acids is 1. The van der Waals surface area contributed by atoms with Crippen LogP contribution in [0, 0.1) is 10.1 Å². The fraction of sp³-hybridized carbons (Fsp3) is 0.167. The van der Waals surface area contributed by atoms with Crippen molar-refractivity contribution < 1.29 is 19.0 Å². The van der Waals surface area contributed by atoms with Crippen LogP contribution in [-0.4, -0.2) is 28.1 Å². The summed E-state index contributed by atoms with van der Waals surface area (Å²) in [6, 6.07) is 12.8. The van der Waals surface area contributed by atoms with Gasteiger partial charge in [0.1, 0.15) is 5.75 Å². The van der Waals surface area contributed by atoms with Crippen LogP contribution in [-0.2, 0) is 11.2 Å². The van der Waals surface area contributed by atoms with E-state index in [9.17, 15) is 14.9 Å². The van der Waals surface area contributed by atoms with E-state index < -0.39 is 4.92 Å².